The second kappa shape index (κ2) is 10.5. The minimum Gasteiger partial charge on any atom is -0.478 e. The van der Waals surface area contributed by atoms with Gasteiger partial charge >= 0.3 is 5.97 Å². The minimum absolute atomic E-state index is 0.0703. The summed E-state index contributed by atoms with van der Waals surface area (Å²) in [5.41, 5.74) is 2.88. The number of anilines is 2. The summed E-state index contributed by atoms with van der Waals surface area (Å²) in [7, 11) is 0. The number of carbonyl (C=O) groups is 2. The number of aliphatic imine (C=N–C) groups is 1. The molecule has 2 aromatic carbocycles. The number of carboxylic acids is 1. The van der Waals surface area contributed by atoms with Crippen LogP contribution in [-0.4, -0.2) is 73.2 Å². The van der Waals surface area contributed by atoms with Gasteiger partial charge in [0.2, 0.25) is 0 Å². The SMILES string of the molecule is CC(=O)c1ccc(N2CCN(C(=NCC3CCCO3)Nc3ccc(C(=O)O)cc3)CC2)cc1. The van der Waals surface area contributed by atoms with Crippen molar-refractivity contribution >= 4 is 29.1 Å². The molecule has 0 aliphatic carbocycles. The molecule has 2 saturated heterocycles. The molecule has 174 valence electrons. The molecule has 2 aliphatic heterocycles. The number of nitrogens with zero attached hydrogens (tertiary/aromatic N) is 3. The molecule has 2 aromatic rings. The molecule has 0 saturated carbocycles. The Morgan fingerprint density at radius 1 is 1.03 bits per heavy atom. The van der Waals surface area contributed by atoms with E-state index in [0.717, 1.165) is 68.5 Å². The van der Waals surface area contributed by atoms with Crippen molar-refractivity contribution in [2.24, 2.45) is 4.99 Å². The van der Waals surface area contributed by atoms with Gasteiger partial charge in [0.1, 0.15) is 0 Å². The van der Waals surface area contributed by atoms with Crippen LogP contribution in [0.15, 0.2) is 53.5 Å². The summed E-state index contributed by atoms with van der Waals surface area (Å²) in [6, 6.07) is 14.5. The number of guanidine groups is 1. The van der Waals surface area contributed by atoms with E-state index in [1.807, 2.05) is 24.3 Å². The molecule has 2 fully saturated rings. The molecule has 2 N–H and O–H groups in total. The Morgan fingerprint density at radius 2 is 1.70 bits per heavy atom. The van der Waals surface area contributed by atoms with Gasteiger partial charge in [-0.1, -0.05) is 0 Å². The maximum Gasteiger partial charge on any atom is 0.335 e. The fourth-order valence-electron chi connectivity index (χ4n) is 4.10. The Bertz CT molecular complexity index is 990. The lowest BCUT2D eigenvalue weighted by Crippen LogP contribution is -2.51. The number of aromatic carboxylic acids is 1. The molecule has 1 atom stereocenters. The Labute approximate surface area is 193 Å². The molecular formula is C25H30N4O4. The van der Waals surface area contributed by atoms with Crippen LogP contribution in [0.1, 0.15) is 40.5 Å². The summed E-state index contributed by atoms with van der Waals surface area (Å²) in [5, 5.41) is 12.5. The smallest absolute Gasteiger partial charge is 0.335 e. The highest BCUT2D eigenvalue weighted by molar-refractivity contribution is 5.95. The molecular weight excluding hydrogens is 420 g/mol. The highest BCUT2D eigenvalue weighted by Gasteiger charge is 2.22. The molecule has 8 nitrogen and oxygen atoms in total. The predicted molar refractivity (Wildman–Crippen MR) is 129 cm³/mol. The van der Waals surface area contributed by atoms with E-state index in [0.29, 0.717) is 6.54 Å². The number of carboxylic acid groups (broad SMARTS) is 1. The van der Waals surface area contributed by atoms with Crippen molar-refractivity contribution in [2.45, 2.75) is 25.9 Å². The van der Waals surface area contributed by atoms with Gasteiger partial charge in [0.05, 0.1) is 18.2 Å². The zero-order chi connectivity index (χ0) is 23.2. The molecule has 0 aromatic heterocycles. The largest absolute Gasteiger partial charge is 0.478 e. The number of ether oxygens (including phenoxy) is 1. The van der Waals surface area contributed by atoms with Crippen molar-refractivity contribution in [1.29, 1.82) is 0 Å². The van der Waals surface area contributed by atoms with Crippen LogP contribution in [0.25, 0.3) is 0 Å². The summed E-state index contributed by atoms with van der Waals surface area (Å²) in [4.78, 5) is 32.0. The van der Waals surface area contributed by atoms with Crippen LogP contribution < -0.4 is 10.2 Å². The maximum absolute atomic E-state index is 11.5. The number of benzene rings is 2. The van der Waals surface area contributed by atoms with Gasteiger partial charge in [-0.2, -0.15) is 0 Å². The standard InChI is InChI=1S/C25H30N4O4/c1-18(30)19-6-10-22(11-7-19)28-12-14-29(15-13-28)25(26-17-23-3-2-16-33-23)27-21-8-4-20(5-9-21)24(31)32/h4-11,23H,2-3,12-17H2,1H3,(H,26,27)(H,31,32). The molecule has 0 radical (unpaired) electrons. The van der Waals surface area contributed by atoms with Gasteiger partial charge in [0.15, 0.2) is 11.7 Å². The van der Waals surface area contributed by atoms with Crippen molar-refractivity contribution in [3.63, 3.8) is 0 Å². The minimum atomic E-state index is -0.943. The molecule has 2 heterocycles. The first-order chi connectivity index (χ1) is 16.0. The Morgan fingerprint density at radius 3 is 2.27 bits per heavy atom. The van der Waals surface area contributed by atoms with Gasteiger partial charge < -0.3 is 25.0 Å². The van der Waals surface area contributed by atoms with Crippen molar-refractivity contribution < 1.29 is 19.4 Å². The third kappa shape index (κ3) is 5.90. The first-order valence-corrected chi connectivity index (χ1v) is 11.4. The lowest BCUT2D eigenvalue weighted by atomic mass is 10.1. The highest BCUT2D eigenvalue weighted by Crippen LogP contribution is 2.19. The fourth-order valence-corrected chi connectivity index (χ4v) is 4.10. The second-order valence-corrected chi connectivity index (χ2v) is 8.38. The number of nitrogens with one attached hydrogen (secondary N) is 1. The highest BCUT2D eigenvalue weighted by atomic mass is 16.5. The number of carbonyl (C=O) groups excluding carboxylic acids is 1. The van der Waals surface area contributed by atoms with Gasteiger partial charge in [-0.05, 0) is 68.3 Å². The summed E-state index contributed by atoms with van der Waals surface area (Å²) in [6.45, 7) is 6.21. The van der Waals surface area contributed by atoms with Crippen LogP contribution in [0.2, 0.25) is 0 Å². The van der Waals surface area contributed by atoms with E-state index in [4.69, 9.17) is 14.8 Å². The summed E-state index contributed by atoms with van der Waals surface area (Å²) < 4.78 is 5.73. The Hall–Kier alpha value is -3.39. The van der Waals surface area contributed by atoms with E-state index >= 15 is 0 Å². The van der Waals surface area contributed by atoms with Crippen LogP contribution in [0.3, 0.4) is 0 Å². The summed E-state index contributed by atoms with van der Waals surface area (Å²) in [5.74, 6) is -0.0950. The number of rotatable bonds is 6. The second-order valence-electron chi connectivity index (χ2n) is 8.38. The molecule has 0 bridgehead atoms. The molecule has 4 rings (SSSR count). The maximum atomic E-state index is 11.5. The molecule has 2 aliphatic rings. The quantitative estimate of drug-likeness (QED) is 0.396. The lowest BCUT2D eigenvalue weighted by Gasteiger charge is -2.38. The zero-order valence-electron chi connectivity index (χ0n) is 18.9. The van der Waals surface area contributed by atoms with E-state index in [-0.39, 0.29) is 17.5 Å². The lowest BCUT2D eigenvalue weighted by molar-refractivity contribution is 0.0696. The first kappa shape index (κ1) is 22.8. The first-order valence-electron chi connectivity index (χ1n) is 11.4. The van der Waals surface area contributed by atoms with Gasteiger partial charge in [0.25, 0.3) is 0 Å². The number of ketones is 1. The molecule has 0 spiro atoms. The van der Waals surface area contributed by atoms with E-state index in [2.05, 4.69) is 15.1 Å². The topological polar surface area (TPSA) is 94.5 Å². The van der Waals surface area contributed by atoms with Gasteiger partial charge in [-0.3, -0.25) is 9.79 Å². The van der Waals surface area contributed by atoms with Gasteiger partial charge in [-0.15, -0.1) is 0 Å². The molecule has 0 amide bonds. The number of Topliss-reactive ketones (excluding diaryl/α,β-unsaturated/α-hetero) is 1. The number of piperazine rings is 1. The van der Waals surface area contributed by atoms with Crippen LogP contribution in [0, 0.1) is 0 Å². The van der Waals surface area contributed by atoms with E-state index in [1.165, 1.54) is 0 Å². The number of hydrogen-bond acceptors (Lipinski definition) is 5. The van der Waals surface area contributed by atoms with Crippen LogP contribution in [0.4, 0.5) is 11.4 Å². The Kier molecular flexibility index (Phi) is 7.24. The fraction of sp³-hybridized carbons (Fsp3) is 0.400. The normalized spacial score (nSPS) is 18.9. The predicted octanol–water partition coefficient (Wildman–Crippen LogP) is 3.36. The van der Waals surface area contributed by atoms with Crippen molar-refractivity contribution in [1.82, 2.24) is 4.90 Å². The van der Waals surface area contributed by atoms with Crippen molar-refractivity contribution in [3.05, 3.63) is 59.7 Å². The zero-order valence-corrected chi connectivity index (χ0v) is 18.9. The van der Waals surface area contributed by atoms with E-state index in [9.17, 15) is 9.59 Å². The van der Waals surface area contributed by atoms with Gasteiger partial charge in [0, 0.05) is 49.7 Å². The van der Waals surface area contributed by atoms with Crippen LogP contribution >= 0.6 is 0 Å². The van der Waals surface area contributed by atoms with Crippen LogP contribution in [-0.2, 0) is 4.74 Å². The van der Waals surface area contributed by atoms with E-state index < -0.39 is 5.97 Å². The monoisotopic (exact) mass is 450 g/mol. The van der Waals surface area contributed by atoms with Crippen molar-refractivity contribution in [3.8, 4) is 0 Å². The molecule has 8 heteroatoms. The third-order valence-electron chi connectivity index (χ3n) is 6.07. The Balaban J connectivity index is 1.43. The summed E-state index contributed by atoms with van der Waals surface area (Å²) in [6.07, 6.45) is 2.24. The molecule has 1 unspecified atom stereocenters. The number of hydrogen-bond donors (Lipinski definition) is 2. The third-order valence-corrected chi connectivity index (χ3v) is 6.07. The van der Waals surface area contributed by atoms with Gasteiger partial charge in [-0.25, -0.2) is 4.79 Å². The molecule has 33 heavy (non-hydrogen) atoms. The van der Waals surface area contributed by atoms with Crippen LogP contribution in [0.5, 0.6) is 0 Å². The summed E-state index contributed by atoms with van der Waals surface area (Å²) >= 11 is 0. The van der Waals surface area contributed by atoms with E-state index in [1.54, 1.807) is 31.2 Å². The average Bonchev–Trinajstić information content (AvgIpc) is 3.36. The van der Waals surface area contributed by atoms with Crippen molar-refractivity contribution in [2.75, 3.05) is 49.5 Å². The average molecular weight is 451 g/mol.